The van der Waals surface area contributed by atoms with Crippen LogP contribution in [0.1, 0.15) is 21.5 Å². The summed E-state index contributed by atoms with van der Waals surface area (Å²) in [5.41, 5.74) is 1.91. The van der Waals surface area contributed by atoms with Gasteiger partial charge in [0.1, 0.15) is 17.2 Å². The summed E-state index contributed by atoms with van der Waals surface area (Å²) in [6, 6.07) is 21.4. The van der Waals surface area contributed by atoms with E-state index in [9.17, 15) is 9.59 Å². The summed E-state index contributed by atoms with van der Waals surface area (Å²) in [6.07, 6.45) is 4.61. The second-order valence-electron chi connectivity index (χ2n) is 6.50. The molecule has 5 heteroatoms. The number of para-hydroxylation sites is 1. The standard InChI is InChI=1S/C25H18O5/c1-28-19-12-13-20-22(16-19)29-23(25(20)27)15-18-9-5-6-10-21(18)30-24(26)14-11-17-7-3-2-4-8-17/h2-16H,1H3/b14-11+,23-15-. The summed E-state index contributed by atoms with van der Waals surface area (Å²) in [7, 11) is 1.55. The third-order valence-electron chi connectivity index (χ3n) is 4.50. The molecule has 0 aliphatic carbocycles. The first-order valence-electron chi connectivity index (χ1n) is 9.30. The van der Waals surface area contributed by atoms with Crippen molar-refractivity contribution in [2.45, 2.75) is 0 Å². The minimum Gasteiger partial charge on any atom is -0.497 e. The molecular formula is C25H18O5. The van der Waals surface area contributed by atoms with Crippen LogP contribution in [0.25, 0.3) is 12.2 Å². The van der Waals surface area contributed by atoms with E-state index in [1.807, 2.05) is 30.3 Å². The Labute approximate surface area is 173 Å². The van der Waals surface area contributed by atoms with E-state index < -0.39 is 5.97 Å². The lowest BCUT2D eigenvalue weighted by Gasteiger charge is -2.06. The molecule has 0 radical (unpaired) electrons. The van der Waals surface area contributed by atoms with Crippen LogP contribution >= 0.6 is 0 Å². The summed E-state index contributed by atoms with van der Waals surface area (Å²) in [5, 5.41) is 0. The Kier molecular flexibility index (Phi) is 5.44. The number of esters is 1. The largest absolute Gasteiger partial charge is 0.497 e. The van der Waals surface area contributed by atoms with Gasteiger partial charge in [0, 0.05) is 17.7 Å². The number of carbonyl (C=O) groups is 2. The Morgan fingerprint density at radius 2 is 1.73 bits per heavy atom. The molecule has 0 amide bonds. The van der Waals surface area contributed by atoms with Crippen LogP contribution in [0.5, 0.6) is 17.2 Å². The van der Waals surface area contributed by atoms with Gasteiger partial charge in [-0.1, -0.05) is 48.5 Å². The van der Waals surface area contributed by atoms with Gasteiger partial charge in [0.25, 0.3) is 0 Å². The smallest absolute Gasteiger partial charge is 0.336 e. The Morgan fingerprint density at radius 3 is 2.53 bits per heavy atom. The molecule has 0 N–H and O–H groups in total. The number of carbonyl (C=O) groups excluding carboxylic acids is 2. The van der Waals surface area contributed by atoms with E-state index in [1.54, 1.807) is 61.7 Å². The molecule has 30 heavy (non-hydrogen) atoms. The zero-order valence-electron chi connectivity index (χ0n) is 16.2. The van der Waals surface area contributed by atoms with E-state index in [1.165, 1.54) is 6.08 Å². The number of ketones is 1. The first kappa shape index (κ1) is 19.2. The number of hydrogen-bond donors (Lipinski definition) is 0. The summed E-state index contributed by atoms with van der Waals surface area (Å²) in [4.78, 5) is 24.9. The number of ether oxygens (including phenoxy) is 3. The molecule has 0 unspecified atom stereocenters. The maximum absolute atomic E-state index is 12.6. The van der Waals surface area contributed by atoms with Gasteiger partial charge in [0.15, 0.2) is 5.76 Å². The first-order chi connectivity index (χ1) is 14.6. The van der Waals surface area contributed by atoms with Gasteiger partial charge in [0.2, 0.25) is 5.78 Å². The van der Waals surface area contributed by atoms with Crippen molar-refractivity contribution in [3.63, 3.8) is 0 Å². The van der Waals surface area contributed by atoms with Crippen molar-refractivity contribution in [2.75, 3.05) is 7.11 Å². The van der Waals surface area contributed by atoms with E-state index in [-0.39, 0.29) is 11.5 Å². The van der Waals surface area contributed by atoms with Gasteiger partial charge in [0.05, 0.1) is 12.7 Å². The Balaban J connectivity index is 1.54. The van der Waals surface area contributed by atoms with Gasteiger partial charge in [-0.25, -0.2) is 4.79 Å². The molecule has 0 atom stereocenters. The van der Waals surface area contributed by atoms with Crippen LogP contribution in [-0.2, 0) is 4.79 Å². The molecule has 0 aromatic heterocycles. The molecule has 0 bridgehead atoms. The Morgan fingerprint density at radius 1 is 0.967 bits per heavy atom. The summed E-state index contributed by atoms with van der Waals surface area (Å²) in [5.74, 6) is 0.765. The van der Waals surface area contributed by atoms with Crippen LogP contribution in [0, 0.1) is 0 Å². The molecule has 3 aromatic rings. The van der Waals surface area contributed by atoms with Crippen LogP contribution in [-0.4, -0.2) is 18.9 Å². The van der Waals surface area contributed by atoms with Crippen molar-refractivity contribution in [2.24, 2.45) is 0 Å². The molecule has 5 nitrogen and oxygen atoms in total. The van der Waals surface area contributed by atoms with Gasteiger partial charge in [-0.2, -0.15) is 0 Å². The molecule has 0 fully saturated rings. The molecule has 1 aliphatic rings. The monoisotopic (exact) mass is 398 g/mol. The Bertz CT molecular complexity index is 1160. The van der Waals surface area contributed by atoms with Gasteiger partial charge < -0.3 is 14.2 Å². The average molecular weight is 398 g/mol. The Hall–Kier alpha value is -4.12. The van der Waals surface area contributed by atoms with Crippen molar-refractivity contribution < 1.29 is 23.8 Å². The number of benzene rings is 3. The van der Waals surface area contributed by atoms with Gasteiger partial charge in [-0.05, 0) is 35.9 Å². The number of allylic oxidation sites excluding steroid dienone is 1. The number of Topliss-reactive ketones (excluding diaryl/α,β-unsaturated/α-hetero) is 1. The summed E-state index contributed by atoms with van der Waals surface area (Å²) in [6.45, 7) is 0. The number of methoxy groups -OCH3 is 1. The van der Waals surface area contributed by atoms with Crippen molar-refractivity contribution in [3.05, 3.63) is 101 Å². The van der Waals surface area contributed by atoms with Crippen LogP contribution in [0.3, 0.4) is 0 Å². The van der Waals surface area contributed by atoms with Gasteiger partial charge in [-0.15, -0.1) is 0 Å². The predicted molar refractivity (Wildman–Crippen MR) is 113 cm³/mol. The molecular weight excluding hydrogens is 380 g/mol. The van der Waals surface area contributed by atoms with Gasteiger partial charge in [-0.3, -0.25) is 4.79 Å². The summed E-state index contributed by atoms with van der Waals surface area (Å²) >= 11 is 0. The first-order valence-corrected chi connectivity index (χ1v) is 9.30. The number of hydrogen-bond acceptors (Lipinski definition) is 5. The maximum atomic E-state index is 12.6. The highest BCUT2D eigenvalue weighted by Gasteiger charge is 2.28. The number of rotatable bonds is 5. The van der Waals surface area contributed by atoms with E-state index in [2.05, 4.69) is 0 Å². The molecule has 0 spiro atoms. The molecule has 3 aromatic carbocycles. The van der Waals surface area contributed by atoms with Crippen molar-refractivity contribution in [3.8, 4) is 17.2 Å². The zero-order valence-corrected chi connectivity index (χ0v) is 16.2. The minimum absolute atomic E-state index is 0.154. The van der Waals surface area contributed by atoms with Crippen molar-refractivity contribution >= 4 is 23.9 Å². The van der Waals surface area contributed by atoms with Crippen LogP contribution < -0.4 is 14.2 Å². The second kappa shape index (κ2) is 8.49. The van der Waals surface area contributed by atoms with Crippen LogP contribution in [0.15, 0.2) is 84.6 Å². The third kappa shape index (κ3) is 4.15. The fourth-order valence-electron chi connectivity index (χ4n) is 3.00. The molecule has 1 heterocycles. The molecule has 148 valence electrons. The fraction of sp³-hybridized carbons (Fsp3) is 0.0400. The summed E-state index contributed by atoms with van der Waals surface area (Å²) < 4.78 is 16.3. The van der Waals surface area contributed by atoms with Crippen LogP contribution in [0.2, 0.25) is 0 Å². The highest BCUT2D eigenvalue weighted by Crippen LogP contribution is 2.35. The molecule has 0 saturated carbocycles. The minimum atomic E-state index is -0.517. The van der Waals surface area contributed by atoms with Crippen molar-refractivity contribution in [1.29, 1.82) is 0 Å². The average Bonchev–Trinajstić information content (AvgIpc) is 3.09. The van der Waals surface area contributed by atoms with E-state index >= 15 is 0 Å². The number of fused-ring (bicyclic) bond motifs is 1. The lowest BCUT2D eigenvalue weighted by Crippen LogP contribution is -2.05. The van der Waals surface area contributed by atoms with Crippen molar-refractivity contribution in [1.82, 2.24) is 0 Å². The normalized spacial score (nSPS) is 13.9. The topological polar surface area (TPSA) is 61.8 Å². The van der Waals surface area contributed by atoms with Crippen LogP contribution in [0.4, 0.5) is 0 Å². The van der Waals surface area contributed by atoms with Gasteiger partial charge >= 0.3 is 5.97 Å². The second-order valence-corrected chi connectivity index (χ2v) is 6.50. The predicted octanol–water partition coefficient (Wildman–Crippen LogP) is 4.93. The highest BCUT2D eigenvalue weighted by molar-refractivity contribution is 6.14. The third-order valence-corrected chi connectivity index (χ3v) is 4.50. The molecule has 0 saturated heterocycles. The quantitative estimate of drug-likeness (QED) is 0.346. The lowest BCUT2D eigenvalue weighted by atomic mass is 10.1. The van der Waals surface area contributed by atoms with E-state index in [4.69, 9.17) is 14.2 Å². The fourth-order valence-corrected chi connectivity index (χ4v) is 3.00. The molecule has 1 aliphatic heterocycles. The molecule has 4 rings (SSSR count). The SMILES string of the molecule is COc1ccc2c(c1)O/C(=C\c1ccccc1OC(=O)/C=C/c1ccccc1)C2=O. The van der Waals surface area contributed by atoms with E-state index in [0.29, 0.717) is 28.4 Å². The lowest BCUT2D eigenvalue weighted by molar-refractivity contribution is -0.128. The zero-order chi connectivity index (χ0) is 20.9. The maximum Gasteiger partial charge on any atom is 0.336 e. The van der Waals surface area contributed by atoms with E-state index in [0.717, 1.165) is 5.56 Å². The highest BCUT2D eigenvalue weighted by atomic mass is 16.5.